The first kappa shape index (κ1) is 13.6. The lowest BCUT2D eigenvalue weighted by Crippen LogP contribution is -2.36. The van der Waals surface area contributed by atoms with E-state index in [0.29, 0.717) is 6.04 Å². The van der Waals surface area contributed by atoms with Gasteiger partial charge in [-0.2, -0.15) is 5.10 Å². The van der Waals surface area contributed by atoms with Crippen molar-refractivity contribution in [2.45, 2.75) is 57.9 Å². The second-order valence-electron chi connectivity index (χ2n) is 5.59. The lowest BCUT2D eigenvalue weighted by Gasteiger charge is -2.24. The molecular weight excluding hydrogens is 222 g/mol. The van der Waals surface area contributed by atoms with Crippen molar-refractivity contribution >= 4 is 0 Å². The molecule has 1 atom stereocenters. The van der Waals surface area contributed by atoms with E-state index in [4.69, 9.17) is 0 Å². The molecule has 0 aliphatic heterocycles. The highest BCUT2D eigenvalue weighted by Crippen LogP contribution is 2.29. The van der Waals surface area contributed by atoms with Gasteiger partial charge in [-0.3, -0.25) is 4.68 Å². The summed E-state index contributed by atoms with van der Waals surface area (Å²) < 4.78 is 2.01. The summed E-state index contributed by atoms with van der Waals surface area (Å²) in [5.41, 5.74) is 1.36. The van der Waals surface area contributed by atoms with Crippen LogP contribution >= 0.6 is 0 Å². The molecule has 1 aliphatic rings. The third-order valence-corrected chi connectivity index (χ3v) is 4.26. The number of rotatable bonds is 7. The smallest absolute Gasteiger partial charge is 0.0492 e. The highest BCUT2D eigenvalue weighted by Gasteiger charge is 2.24. The Labute approximate surface area is 111 Å². The van der Waals surface area contributed by atoms with Crippen molar-refractivity contribution in [2.24, 2.45) is 13.0 Å². The van der Waals surface area contributed by atoms with Crippen LogP contribution < -0.4 is 5.32 Å². The van der Waals surface area contributed by atoms with Crippen LogP contribution in [-0.2, 0) is 13.5 Å². The average molecular weight is 249 g/mol. The predicted octanol–water partition coefficient (Wildman–Crippen LogP) is 2.91. The normalized spacial score (nSPS) is 18.3. The Morgan fingerprint density at radius 3 is 2.83 bits per heavy atom. The number of hydrogen-bond donors (Lipinski definition) is 1. The third-order valence-electron chi connectivity index (χ3n) is 4.26. The Balaban J connectivity index is 1.86. The van der Waals surface area contributed by atoms with E-state index in [1.165, 1.54) is 44.2 Å². The molecule has 1 fully saturated rings. The Morgan fingerprint density at radius 1 is 1.44 bits per heavy atom. The molecular formula is C15H27N3. The summed E-state index contributed by atoms with van der Waals surface area (Å²) in [5.74, 6) is 0.907. The van der Waals surface area contributed by atoms with Crippen LogP contribution in [0.4, 0.5) is 0 Å². The van der Waals surface area contributed by atoms with Gasteiger partial charge in [-0.1, -0.05) is 19.8 Å². The largest absolute Gasteiger partial charge is 0.314 e. The SMILES string of the molecule is CCCNC(CCc1ccnn1C)C1CCCC1. The van der Waals surface area contributed by atoms with E-state index in [0.717, 1.165) is 18.9 Å². The summed E-state index contributed by atoms with van der Waals surface area (Å²) >= 11 is 0. The van der Waals surface area contributed by atoms with Gasteiger partial charge in [-0.05, 0) is 50.6 Å². The lowest BCUT2D eigenvalue weighted by atomic mass is 9.93. The van der Waals surface area contributed by atoms with Gasteiger partial charge in [0.15, 0.2) is 0 Å². The van der Waals surface area contributed by atoms with Crippen LogP contribution in [0.15, 0.2) is 12.3 Å². The summed E-state index contributed by atoms with van der Waals surface area (Å²) in [4.78, 5) is 0. The summed E-state index contributed by atoms with van der Waals surface area (Å²) in [6.07, 6.45) is 11.2. The lowest BCUT2D eigenvalue weighted by molar-refractivity contribution is 0.339. The molecule has 3 heteroatoms. The Bertz CT molecular complexity index is 339. The second-order valence-corrected chi connectivity index (χ2v) is 5.59. The molecule has 1 saturated carbocycles. The summed E-state index contributed by atoms with van der Waals surface area (Å²) in [6, 6.07) is 2.85. The van der Waals surface area contributed by atoms with Gasteiger partial charge in [0.2, 0.25) is 0 Å². The fourth-order valence-electron chi connectivity index (χ4n) is 3.14. The first-order chi connectivity index (χ1) is 8.81. The van der Waals surface area contributed by atoms with Crippen LogP contribution in [0.5, 0.6) is 0 Å². The molecule has 102 valence electrons. The molecule has 1 aromatic heterocycles. The zero-order chi connectivity index (χ0) is 12.8. The van der Waals surface area contributed by atoms with E-state index in [-0.39, 0.29) is 0 Å². The second kappa shape index (κ2) is 6.93. The fourth-order valence-corrected chi connectivity index (χ4v) is 3.14. The Kier molecular flexibility index (Phi) is 5.24. The average Bonchev–Trinajstić information content (AvgIpc) is 3.01. The maximum absolute atomic E-state index is 4.25. The van der Waals surface area contributed by atoms with E-state index < -0.39 is 0 Å². The molecule has 0 spiro atoms. The number of nitrogens with one attached hydrogen (secondary N) is 1. The molecule has 1 aromatic rings. The fraction of sp³-hybridized carbons (Fsp3) is 0.800. The molecule has 18 heavy (non-hydrogen) atoms. The van der Waals surface area contributed by atoms with Gasteiger partial charge in [0.25, 0.3) is 0 Å². The van der Waals surface area contributed by atoms with Crippen molar-refractivity contribution < 1.29 is 0 Å². The minimum absolute atomic E-state index is 0.711. The van der Waals surface area contributed by atoms with E-state index in [1.807, 2.05) is 17.9 Å². The topological polar surface area (TPSA) is 29.9 Å². The van der Waals surface area contributed by atoms with Crippen LogP contribution in [0.25, 0.3) is 0 Å². The van der Waals surface area contributed by atoms with Gasteiger partial charge in [0.05, 0.1) is 0 Å². The Morgan fingerprint density at radius 2 is 2.22 bits per heavy atom. The van der Waals surface area contributed by atoms with Gasteiger partial charge >= 0.3 is 0 Å². The molecule has 2 rings (SSSR count). The molecule has 0 radical (unpaired) electrons. The van der Waals surface area contributed by atoms with Crippen LogP contribution in [0.2, 0.25) is 0 Å². The van der Waals surface area contributed by atoms with Crippen molar-refractivity contribution in [1.82, 2.24) is 15.1 Å². The molecule has 1 N–H and O–H groups in total. The maximum Gasteiger partial charge on any atom is 0.0492 e. The van der Waals surface area contributed by atoms with Crippen molar-refractivity contribution in [3.63, 3.8) is 0 Å². The molecule has 1 unspecified atom stereocenters. The van der Waals surface area contributed by atoms with E-state index in [1.54, 1.807) is 0 Å². The maximum atomic E-state index is 4.25. The molecule has 0 amide bonds. The predicted molar refractivity (Wildman–Crippen MR) is 75.6 cm³/mol. The molecule has 0 saturated heterocycles. The van der Waals surface area contributed by atoms with Crippen molar-refractivity contribution in [1.29, 1.82) is 0 Å². The summed E-state index contributed by atoms with van der Waals surface area (Å²) in [6.45, 7) is 3.41. The van der Waals surface area contributed by atoms with Gasteiger partial charge in [0.1, 0.15) is 0 Å². The number of aromatic nitrogens is 2. The van der Waals surface area contributed by atoms with Crippen molar-refractivity contribution in [2.75, 3.05) is 6.54 Å². The van der Waals surface area contributed by atoms with Crippen LogP contribution in [0.1, 0.15) is 51.1 Å². The van der Waals surface area contributed by atoms with Gasteiger partial charge in [-0.25, -0.2) is 0 Å². The molecule has 1 aliphatic carbocycles. The van der Waals surface area contributed by atoms with Crippen LogP contribution in [0.3, 0.4) is 0 Å². The van der Waals surface area contributed by atoms with Gasteiger partial charge in [-0.15, -0.1) is 0 Å². The highest BCUT2D eigenvalue weighted by molar-refractivity contribution is 5.00. The van der Waals surface area contributed by atoms with E-state index in [2.05, 4.69) is 23.4 Å². The zero-order valence-electron chi connectivity index (χ0n) is 11.9. The first-order valence-electron chi connectivity index (χ1n) is 7.51. The highest BCUT2D eigenvalue weighted by atomic mass is 15.2. The molecule has 0 aromatic carbocycles. The first-order valence-corrected chi connectivity index (χ1v) is 7.51. The monoisotopic (exact) mass is 249 g/mol. The van der Waals surface area contributed by atoms with E-state index in [9.17, 15) is 0 Å². The molecule has 3 nitrogen and oxygen atoms in total. The minimum Gasteiger partial charge on any atom is -0.314 e. The van der Waals surface area contributed by atoms with Crippen LogP contribution in [0, 0.1) is 5.92 Å². The summed E-state index contributed by atoms with van der Waals surface area (Å²) in [5, 5.41) is 8.01. The number of nitrogens with zero attached hydrogens (tertiary/aromatic N) is 2. The molecule has 1 heterocycles. The van der Waals surface area contributed by atoms with Crippen molar-refractivity contribution in [3.8, 4) is 0 Å². The Hall–Kier alpha value is -0.830. The summed E-state index contributed by atoms with van der Waals surface area (Å²) in [7, 11) is 2.04. The minimum atomic E-state index is 0.711. The van der Waals surface area contributed by atoms with Gasteiger partial charge < -0.3 is 5.32 Å². The standard InChI is InChI=1S/C15H27N3/c1-3-11-16-15(13-6-4-5-7-13)9-8-14-10-12-17-18(14)2/h10,12-13,15-16H,3-9,11H2,1-2H3. The van der Waals surface area contributed by atoms with Gasteiger partial charge in [0, 0.05) is 25.0 Å². The van der Waals surface area contributed by atoms with Crippen LogP contribution in [-0.4, -0.2) is 22.4 Å². The van der Waals surface area contributed by atoms with E-state index >= 15 is 0 Å². The molecule has 0 bridgehead atoms. The van der Waals surface area contributed by atoms with Crippen molar-refractivity contribution in [3.05, 3.63) is 18.0 Å². The number of aryl methyl sites for hydroxylation is 2. The third kappa shape index (κ3) is 3.58. The zero-order valence-corrected chi connectivity index (χ0v) is 11.9. The quantitative estimate of drug-likeness (QED) is 0.805. The number of hydrogen-bond acceptors (Lipinski definition) is 2.